The number of halogens is 2. The van der Waals surface area contributed by atoms with Gasteiger partial charge in [0.2, 0.25) is 5.78 Å². The van der Waals surface area contributed by atoms with E-state index < -0.39 is 11.6 Å². The summed E-state index contributed by atoms with van der Waals surface area (Å²) in [6.45, 7) is 3.43. The molecule has 0 radical (unpaired) electrons. The summed E-state index contributed by atoms with van der Waals surface area (Å²) in [4.78, 5) is 17.3. The van der Waals surface area contributed by atoms with Gasteiger partial charge in [0.25, 0.3) is 5.56 Å². The van der Waals surface area contributed by atoms with Gasteiger partial charge in [0.1, 0.15) is 11.6 Å². The minimum atomic E-state index is -0.629. The van der Waals surface area contributed by atoms with Crippen LogP contribution < -0.4 is 5.56 Å². The van der Waals surface area contributed by atoms with Crippen molar-refractivity contribution in [3.05, 3.63) is 93.5 Å². The van der Waals surface area contributed by atoms with E-state index in [1.807, 2.05) is 37.3 Å². The summed E-state index contributed by atoms with van der Waals surface area (Å²) in [7, 11) is 0. The lowest BCUT2D eigenvalue weighted by atomic mass is 10.1. The monoisotopic (exact) mass is 365 g/mol. The van der Waals surface area contributed by atoms with Crippen LogP contribution in [0.5, 0.6) is 0 Å². The molecule has 136 valence electrons. The lowest BCUT2D eigenvalue weighted by Crippen LogP contribution is -2.22. The van der Waals surface area contributed by atoms with E-state index in [-0.39, 0.29) is 17.7 Å². The summed E-state index contributed by atoms with van der Waals surface area (Å²) < 4.78 is 31.4. The number of hydrogen-bond donors (Lipinski definition) is 0. The first kappa shape index (κ1) is 17.1. The number of imidazole rings is 1. The van der Waals surface area contributed by atoms with Crippen molar-refractivity contribution < 1.29 is 8.78 Å². The summed E-state index contributed by atoms with van der Waals surface area (Å²) in [6, 6.07) is 13.3. The maximum absolute atomic E-state index is 14.1. The van der Waals surface area contributed by atoms with Gasteiger partial charge in [-0.2, -0.15) is 0 Å². The van der Waals surface area contributed by atoms with Crippen molar-refractivity contribution in [2.75, 3.05) is 0 Å². The molecule has 2 aromatic carbocycles. The molecular formula is C21H17F2N3O. The molecule has 0 amide bonds. The van der Waals surface area contributed by atoms with Crippen molar-refractivity contribution >= 4 is 5.78 Å². The molecule has 0 saturated heterocycles. The molecule has 27 heavy (non-hydrogen) atoms. The fraction of sp³-hybridized carbons (Fsp3) is 0.143. The summed E-state index contributed by atoms with van der Waals surface area (Å²) in [5.74, 6) is -0.906. The van der Waals surface area contributed by atoms with Crippen LogP contribution in [0.4, 0.5) is 8.78 Å². The van der Waals surface area contributed by atoms with Crippen LogP contribution in [-0.4, -0.2) is 14.0 Å². The Balaban J connectivity index is 1.97. The summed E-state index contributed by atoms with van der Waals surface area (Å²) >= 11 is 0. The highest BCUT2D eigenvalue weighted by Gasteiger charge is 2.18. The molecule has 0 bridgehead atoms. The zero-order chi connectivity index (χ0) is 19.1. The molecule has 0 atom stereocenters. The lowest BCUT2D eigenvalue weighted by Gasteiger charge is -2.11. The predicted molar refractivity (Wildman–Crippen MR) is 99.8 cm³/mol. The van der Waals surface area contributed by atoms with Gasteiger partial charge >= 0.3 is 0 Å². The molecule has 0 aliphatic carbocycles. The van der Waals surface area contributed by atoms with Gasteiger partial charge in [-0.1, -0.05) is 36.4 Å². The van der Waals surface area contributed by atoms with Gasteiger partial charge in [-0.05, 0) is 26.0 Å². The summed E-state index contributed by atoms with van der Waals surface area (Å²) in [6.07, 6.45) is 1.59. The SMILES string of the molecule is Cc1cn(Cc2c(F)cccc2F)c2nc(-c3ccccc3)c(C)n2c1=O. The van der Waals surface area contributed by atoms with Crippen LogP contribution in [0.25, 0.3) is 17.0 Å². The topological polar surface area (TPSA) is 39.3 Å². The number of rotatable bonds is 3. The van der Waals surface area contributed by atoms with Crippen LogP contribution in [0.3, 0.4) is 0 Å². The Hall–Kier alpha value is -3.28. The largest absolute Gasteiger partial charge is 0.313 e. The van der Waals surface area contributed by atoms with Crippen molar-refractivity contribution in [1.29, 1.82) is 0 Å². The van der Waals surface area contributed by atoms with E-state index in [1.54, 1.807) is 17.7 Å². The molecule has 0 saturated carbocycles. The first-order valence-electron chi connectivity index (χ1n) is 8.55. The summed E-state index contributed by atoms with van der Waals surface area (Å²) in [5, 5.41) is 0. The average molecular weight is 365 g/mol. The van der Waals surface area contributed by atoms with Gasteiger partial charge < -0.3 is 4.57 Å². The van der Waals surface area contributed by atoms with Crippen molar-refractivity contribution in [1.82, 2.24) is 14.0 Å². The Labute approximate surface area is 154 Å². The Morgan fingerprint density at radius 1 is 0.963 bits per heavy atom. The number of aryl methyl sites for hydroxylation is 2. The highest BCUT2D eigenvalue weighted by molar-refractivity contribution is 5.65. The molecule has 4 nitrogen and oxygen atoms in total. The standard InChI is InChI=1S/C21H17F2N3O/c1-13-11-25(12-16-17(22)9-6-10-18(16)23)21-24-19(14(2)26(21)20(13)27)15-7-4-3-5-8-15/h3-11H,12H2,1-2H3. The molecule has 2 heterocycles. The second kappa shape index (κ2) is 6.46. The molecule has 0 aliphatic rings. The van der Waals surface area contributed by atoms with Crippen molar-refractivity contribution in [3.8, 4) is 11.3 Å². The molecule has 4 aromatic rings. The fourth-order valence-corrected chi connectivity index (χ4v) is 3.29. The third-order valence-corrected chi connectivity index (χ3v) is 4.67. The highest BCUT2D eigenvalue weighted by atomic mass is 19.1. The predicted octanol–water partition coefficient (Wildman–Crippen LogP) is 4.11. The Morgan fingerprint density at radius 2 is 1.63 bits per heavy atom. The maximum Gasteiger partial charge on any atom is 0.262 e. The Kier molecular flexibility index (Phi) is 4.11. The second-order valence-electron chi connectivity index (χ2n) is 6.49. The number of aromatic nitrogens is 3. The molecule has 6 heteroatoms. The van der Waals surface area contributed by atoms with Crippen LogP contribution in [-0.2, 0) is 6.54 Å². The van der Waals surface area contributed by atoms with E-state index in [0.717, 1.165) is 5.56 Å². The van der Waals surface area contributed by atoms with E-state index in [0.29, 0.717) is 22.7 Å². The molecule has 4 rings (SSSR count). The van der Waals surface area contributed by atoms with Gasteiger partial charge in [0.15, 0.2) is 0 Å². The molecule has 0 aliphatic heterocycles. The van der Waals surface area contributed by atoms with Gasteiger partial charge in [0, 0.05) is 22.9 Å². The lowest BCUT2D eigenvalue weighted by molar-refractivity contribution is 0.544. The van der Waals surface area contributed by atoms with Crippen LogP contribution in [0.2, 0.25) is 0 Å². The van der Waals surface area contributed by atoms with Gasteiger partial charge in [-0.25, -0.2) is 18.2 Å². The maximum atomic E-state index is 14.1. The molecule has 0 unspecified atom stereocenters. The van der Waals surface area contributed by atoms with Crippen LogP contribution >= 0.6 is 0 Å². The van der Waals surface area contributed by atoms with E-state index in [1.165, 1.54) is 22.6 Å². The van der Waals surface area contributed by atoms with Gasteiger partial charge in [-0.3, -0.25) is 4.79 Å². The third-order valence-electron chi connectivity index (χ3n) is 4.67. The van der Waals surface area contributed by atoms with Gasteiger partial charge in [0.05, 0.1) is 17.9 Å². The number of benzene rings is 2. The molecule has 2 aromatic heterocycles. The number of nitrogens with zero attached hydrogens (tertiary/aromatic N) is 3. The van der Waals surface area contributed by atoms with Crippen molar-refractivity contribution in [2.45, 2.75) is 20.4 Å². The van der Waals surface area contributed by atoms with Crippen molar-refractivity contribution in [3.63, 3.8) is 0 Å². The minimum Gasteiger partial charge on any atom is -0.313 e. The van der Waals surface area contributed by atoms with E-state index in [9.17, 15) is 13.6 Å². The fourth-order valence-electron chi connectivity index (χ4n) is 3.29. The second-order valence-corrected chi connectivity index (χ2v) is 6.49. The van der Waals surface area contributed by atoms with Crippen LogP contribution in [0.1, 0.15) is 16.8 Å². The number of fused-ring (bicyclic) bond motifs is 1. The molecular weight excluding hydrogens is 348 g/mol. The molecule has 0 fully saturated rings. The van der Waals surface area contributed by atoms with E-state index in [4.69, 9.17) is 0 Å². The summed E-state index contributed by atoms with van der Waals surface area (Å²) in [5.41, 5.74) is 2.44. The average Bonchev–Trinajstić information content (AvgIpc) is 3.01. The van der Waals surface area contributed by atoms with E-state index in [2.05, 4.69) is 4.98 Å². The molecule has 0 N–H and O–H groups in total. The van der Waals surface area contributed by atoms with Crippen LogP contribution in [0, 0.1) is 25.5 Å². The first-order chi connectivity index (χ1) is 13.0. The Bertz CT molecular complexity index is 1190. The number of hydrogen-bond acceptors (Lipinski definition) is 2. The zero-order valence-corrected chi connectivity index (χ0v) is 14.9. The zero-order valence-electron chi connectivity index (χ0n) is 14.9. The van der Waals surface area contributed by atoms with Gasteiger partial charge in [-0.15, -0.1) is 0 Å². The highest BCUT2D eigenvalue weighted by Crippen LogP contribution is 2.23. The smallest absolute Gasteiger partial charge is 0.262 e. The first-order valence-corrected chi connectivity index (χ1v) is 8.55. The third kappa shape index (κ3) is 2.83. The van der Waals surface area contributed by atoms with Crippen molar-refractivity contribution in [2.24, 2.45) is 0 Å². The normalized spacial score (nSPS) is 11.3. The quantitative estimate of drug-likeness (QED) is 0.548. The van der Waals surface area contributed by atoms with E-state index >= 15 is 0 Å². The van der Waals surface area contributed by atoms with Crippen LogP contribution in [0.15, 0.2) is 59.5 Å². The molecule has 0 spiro atoms. The minimum absolute atomic E-state index is 0.0617. The Morgan fingerprint density at radius 3 is 2.30 bits per heavy atom.